The number of ether oxygens (including phenoxy) is 1. The van der Waals surface area contributed by atoms with Crippen LogP contribution in [0.25, 0.3) is 0 Å². The molecule has 3 heteroatoms. The standard InChI is InChI=1S/C7H11FO2/c8-7(6-9)2-1-4-10-5-3-7/h6H,1-5H2. The summed E-state index contributed by atoms with van der Waals surface area (Å²) in [6, 6.07) is 0. The summed E-state index contributed by atoms with van der Waals surface area (Å²) in [7, 11) is 0. The number of carbonyl (C=O) groups is 1. The zero-order chi connectivity index (χ0) is 7.45. The van der Waals surface area contributed by atoms with E-state index in [1.54, 1.807) is 0 Å². The Balaban J connectivity index is 2.48. The predicted molar refractivity (Wildman–Crippen MR) is 34.6 cm³/mol. The van der Waals surface area contributed by atoms with Gasteiger partial charge in [0.05, 0.1) is 6.61 Å². The molecule has 0 N–H and O–H groups in total. The van der Waals surface area contributed by atoms with Gasteiger partial charge < -0.3 is 4.74 Å². The number of halogens is 1. The smallest absolute Gasteiger partial charge is 0.168 e. The van der Waals surface area contributed by atoms with E-state index in [0.717, 1.165) is 0 Å². The van der Waals surface area contributed by atoms with Crippen molar-refractivity contribution in [1.82, 2.24) is 0 Å². The van der Waals surface area contributed by atoms with Crippen molar-refractivity contribution in [3.05, 3.63) is 0 Å². The monoisotopic (exact) mass is 146 g/mol. The quantitative estimate of drug-likeness (QED) is 0.518. The molecule has 58 valence electrons. The number of alkyl halides is 1. The highest BCUT2D eigenvalue weighted by molar-refractivity contribution is 5.62. The number of carbonyl (C=O) groups excluding carboxylic acids is 1. The number of aldehydes is 1. The van der Waals surface area contributed by atoms with Crippen LogP contribution in [-0.4, -0.2) is 25.2 Å². The molecule has 1 aliphatic heterocycles. The van der Waals surface area contributed by atoms with Crippen LogP contribution < -0.4 is 0 Å². The molecule has 1 unspecified atom stereocenters. The van der Waals surface area contributed by atoms with Gasteiger partial charge in [0, 0.05) is 13.0 Å². The molecule has 0 amide bonds. The lowest BCUT2D eigenvalue weighted by Gasteiger charge is -2.13. The van der Waals surface area contributed by atoms with Crippen molar-refractivity contribution >= 4 is 6.29 Å². The summed E-state index contributed by atoms with van der Waals surface area (Å²) in [4.78, 5) is 10.2. The van der Waals surface area contributed by atoms with Gasteiger partial charge in [-0.15, -0.1) is 0 Å². The highest BCUT2D eigenvalue weighted by Crippen LogP contribution is 2.22. The highest BCUT2D eigenvalue weighted by atomic mass is 19.1. The fourth-order valence-corrected chi connectivity index (χ4v) is 1.05. The summed E-state index contributed by atoms with van der Waals surface area (Å²) >= 11 is 0. The molecule has 0 bridgehead atoms. The molecular formula is C7H11FO2. The van der Waals surface area contributed by atoms with Gasteiger partial charge in [0.2, 0.25) is 0 Å². The summed E-state index contributed by atoms with van der Waals surface area (Å²) in [6.45, 7) is 0.953. The van der Waals surface area contributed by atoms with Crippen molar-refractivity contribution < 1.29 is 13.9 Å². The Morgan fingerprint density at radius 1 is 1.40 bits per heavy atom. The van der Waals surface area contributed by atoms with Crippen LogP contribution in [-0.2, 0) is 9.53 Å². The lowest BCUT2D eigenvalue weighted by atomic mass is 9.99. The van der Waals surface area contributed by atoms with E-state index < -0.39 is 5.67 Å². The zero-order valence-electron chi connectivity index (χ0n) is 5.81. The van der Waals surface area contributed by atoms with Crippen LogP contribution in [0.2, 0.25) is 0 Å². The molecule has 1 saturated heterocycles. The van der Waals surface area contributed by atoms with Gasteiger partial charge in [0.25, 0.3) is 0 Å². The van der Waals surface area contributed by atoms with Gasteiger partial charge >= 0.3 is 0 Å². The Morgan fingerprint density at radius 2 is 2.20 bits per heavy atom. The van der Waals surface area contributed by atoms with Crippen LogP contribution in [0.3, 0.4) is 0 Å². The van der Waals surface area contributed by atoms with Gasteiger partial charge in [-0.2, -0.15) is 0 Å². The van der Waals surface area contributed by atoms with Crippen LogP contribution in [0.4, 0.5) is 4.39 Å². The predicted octanol–water partition coefficient (Wildman–Crippen LogP) is 1.09. The molecule has 1 heterocycles. The van der Waals surface area contributed by atoms with Gasteiger partial charge in [-0.25, -0.2) is 4.39 Å². The van der Waals surface area contributed by atoms with E-state index in [-0.39, 0.29) is 6.42 Å². The van der Waals surface area contributed by atoms with Crippen LogP contribution in [0, 0.1) is 0 Å². The van der Waals surface area contributed by atoms with Crippen LogP contribution >= 0.6 is 0 Å². The Bertz CT molecular complexity index is 117. The molecule has 0 aromatic rings. The van der Waals surface area contributed by atoms with E-state index >= 15 is 0 Å². The average Bonchev–Trinajstić information content (AvgIpc) is 2.15. The third-order valence-electron chi connectivity index (χ3n) is 1.75. The van der Waals surface area contributed by atoms with E-state index in [0.29, 0.717) is 32.3 Å². The van der Waals surface area contributed by atoms with Gasteiger partial charge in [-0.1, -0.05) is 0 Å². The first kappa shape index (κ1) is 7.66. The number of rotatable bonds is 1. The van der Waals surface area contributed by atoms with E-state index in [2.05, 4.69) is 0 Å². The maximum absolute atomic E-state index is 13.1. The Morgan fingerprint density at radius 3 is 2.90 bits per heavy atom. The zero-order valence-corrected chi connectivity index (χ0v) is 5.81. The van der Waals surface area contributed by atoms with E-state index in [1.807, 2.05) is 0 Å². The third-order valence-corrected chi connectivity index (χ3v) is 1.75. The summed E-state index contributed by atoms with van der Waals surface area (Å²) in [6.07, 6.45) is 1.59. The van der Waals surface area contributed by atoms with Crippen LogP contribution in [0.5, 0.6) is 0 Å². The van der Waals surface area contributed by atoms with Crippen molar-refractivity contribution in [1.29, 1.82) is 0 Å². The summed E-state index contributed by atoms with van der Waals surface area (Å²) in [5, 5.41) is 0. The van der Waals surface area contributed by atoms with Gasteiger partial charge in [-0.3, -0.25) is 4.79 Å². The first-order valence-corrected chi connectivity index (χ1v) is 3.50. The van der Waals surface area contributed by atoms with Crippen molar-refractivity contribution in [3.8, 4) is 0 Å². The molecular weight excluding hydrogens is 135 g/mol. The van der Waals surface area contributed by atoms with Crippen molar-refractivity contribution in [2.24, 2.45) is 0 Å². The van der Waals surface area contributed by atoms with E-state index in [9.17, 15) is 9.18 Å². The van der Waals surface area contributed by atoms with Crippen LogP contribution in [0.15, 0.2) is 0 Å². The molecule has 1 rings (SSSR count). The molecule has 0 radical (unpaired) electrons. The van der Waals surface area contributed by atoms with Gasteiger partial charge in [0.1, 0.15) is 0 Å². The van der Waals surface area contributed by atoms with Crippen molar-refractivity contribution in [3.63, 3.8) is 0 Å². The van der Waals surface area contributed by atoms with E-state index in [4.69, 9.17) is 4.74 Å². The second-order valence-electron chi connectivity index (χ2n) is 2.62. The van der Waals surface area contributed by atoms with Crippen LogP contribution in [0.1, 0.15) is 19.3 Å². The Hall–Kier alpha value is -0.440. The lowest BCUT2D eigenvalue weighted by molar-refractivity contribution is -0.118. The lowest BCUT2D eigenvalue weighted by Crippen LogP contribution is -2.24. The second-order valence-corrected chi connectivity index (χ2v) is 2.62. The topological polar surface area (TPSA) is 26.3 Å². The maximum Gasteiger partial charge on any atom is 0.168 e. The van der Waals surface area contributed by atoms with Gasteiger partial charge in [0.15, 0.2) is 12.0 Å². The molecule has 0 saturated carbocycles. The first-order valence-electron chi connectivity index (χ1n) is 3.50. The molecule has 0 aromatic carbocycles. The highest BCUT2D eigenvalue weighted by Gasteiger charge is 2.29. The van der Waals surface area contributed by atoms with E-state index in [1.165, 1.54) is 0 Å². The minimum absolute atomic E-state index is 0.219. The summed E-state index contributed by atoms with van der Waals surface area (Å²) in [5.74, 6) is 0. The molecule has 1 atom stereocenters. The number of hydrogen-bond acceptors (Lipinski definition) is 2. The molecule has 0 spiro atoms. The normalized spacial score (nSPS) is 34.9. The molecule has 10 heavy (non-hydrogen) atoms. The fraction of sp³-hybridized carbons (Fsp3) is 0.857. The minimum Gasteiger partial charge on any atom is -0.381 e. The first-order chi connectivity index (χ1) is 4.77. The fourth-order valence-electron chi connectivity index (χ4n) is 1.05. The second kappa shape index (κ2) is 3.10. The molecule has 0 aromatic heterocycles. The summed E-state index contributed by atoms with van der Waals surface area (Å²) < 4.78 is 18.1. The maximum atomic E-state index is 13.1. The molecule has 1 fully saturated rings. The largest absolute Gasteiger partial charge is 0.381 e. The van der Waals surface area contributed by atoms with Crippen molar-refractivity contribution in [2.75, 3.05) is 13.2 Å². The Kier molecular flexibility index (Phi) is 2.38. The van der Waals surface area contributed by atoms with Gasteiger partial charge in [-0.05, 0) is 12.8 Å². The van der Waals surface area contributed by atoms with Crippen molar-refractivity contribution in [2.45, 2.75) is 24.9 Å². The summed E-state index contributed by atoms with van der Waals surface area (Å²) in [5.41, 5.74) is -1.60. The Labute approximate surface area is 59.4 Å². The molecule has 2 nitrogen and oxygen atoms in total. The SMILES string of the molecule is O=CC1(F)CCCOCC1. The molecule has 1 aliphatic rings. The molecule has 0 aliphatic carbocycles. The number of hydrogen-bond donors (Lipinski definition) is 0. The third kappa shape index (κ3) is 1.77. The minimum atomic E-state index is -1.60. The average molecular weight is 146 g/mol.